The van der Waals surface area contributed by atoms with Gasteiger partial charge in [0, 0.05) is 26.2 Å². The molecule has 0 bridgehead atoms. The Morgan fingerprint density at radius 3 is 2.57 bits per heavy atom. The second kappa shape index (κ2) is 5.87. The molecule has 2 heterocycles. The zero-order valence-electron chi connectivity index (χ0n) is 11.8. The van der Waals surface area contributed by atoms with Crippen molar-refractivity contribution < 1.29 is 4.79 Å². The van der Waals surface area contributed by atoms with Gasteiger partial charge >= 0.3 is 0 Å². The lowest BCUT2D eigenvalue weighted by Crippen LogP contribution is -2.46. The van der Waals surface area contributed by atoms with E-state index in [4.69, 9.17) is 11.6 Å². The SMILES string of the molecule is Cc1nn(-c2ccccc2)c(Cl)c1C(=O)N1CCNCC1. The Labute approximate surface area is 128 Å². The van der Waals surface area contributed by atoms with Crippen LogP contribution in [0, 0.1) is 6.92 Å². The molecule has 2 aromatic rings. The first-order valence-electron chi connectivity index (χ1n) is 6.99. The highest BCUT2D eigenvalue weighted by molar-refractivity contribution is 6.33. The molecule has 1 amide bonds. The van der Waals surface area contributed by atoms with Gasteiger partial charge in [-0.05, 0) is 19.1 Å². The number of aromatic nitrogens is 2. The molecule has 0 saturated carbocycles. The van der Waals surface area contributed by atoms with Gasteiger partial charge in [0.15, 0.2) is 0 Å². The van der Waals surface area contributed by atoms with Gasteiger partial charge in [-0.25, -0.2) is 4.68 Å². The van der Waals surface area contributed by atoms with Crippen molar-refractivity contribution in [3.63, 3.8) is 0 Å². The number of nitrogens with one attached hydrogen (secondary N) is 1. The molecule has 1 N–H and O–H groups in total. The Morgan fingerprint density at radius 2 is 1.90 bits per heavy atom. The van der Waals surface area contributed by atoms with Crippen LogP contribution in [0.5, 0.6) is 0 Å². The van der Waals surface area contributed by atoms with Crippen molar-refractivity contribution in [2.75, 3.05) is 26.2 Å². The zero-order chi connectivity index (χ0) is 14.8. The summed E-state index contributed by atoms with van der Waals surface area (Å²) in [5, 5.41) is 8.03. The number of para-hydroxylation sites is 1. The smallest absolute Gasteiger partial charge is 0.258 e. The molecular formula is C15H17ClN4O. The number of aryl methyl sites for hydroxylation is 1. The molecule has 0 radical (unpaired) electrons. The van der Waals surface area contributed by atoms with Crippen LogP contribution in [0.1, 0.15) is 16.1 Å². The van der Waals surface area contributed by atoms with E-state index in [1.165, 1.54) is 0 Å². The lowest BCUT2D eigenvalue weighted by Gasteiger charge is -2.27. The molecule has 1 aliphatic heterocycles. The third kappa shape index (κ3) is 2.66. The largest absolute Gasteiger partial charge is 0.336 e. The Bertz CT molecular complexity index is 647. The number of hydrogen-bond acceptors (Lipinski definition) is 3. The van der Waals surface area contributed by atoms with Crippen LogP contribution in [0.2, 0.25) is 5.15 Å². The summed E-state index contributed by atoms with van der Waals surface area (Å²) in [5.41, 5.74) is 2.01. The number of halogens is 1. The highest BCUT2D eigenvalue weighted by Gasteiger charge is 2.26. The normalized spacial score (nSPS) is 15.2. The van der Waals surface area contributed by atoms with Crippen molar-refractivity contribution in [3.8, 4) is 5.69 Å². The van der Waals surface area contributed by atoms with Crippen molar-refractivity contribution in [1.29, 1.82) is 0 Å². The lowest BCUT2D eigenvalue weighted by atomic mass is 10.2. The third-order valence-corrected chi connectivity index (χ3v) is 3.97. The Kier molecular flexibility index (Phi) is 3.94. The quantitative estimate of drug-likeness (QED) is 0.921. The van der Waals surface area contributed by atoms with E-state index in [1.807, 2.05) is 42.2 Å². The summed E-state index contributed by atoms with van der Waals surface area (Å²) in [6, 6.07) is 9.59. The summed E-state index contributed by atoms with van der Waals surface area (Å²) in [7, 11) is 0. The second-order valence-corrected chi connectivity index (χ2v) is 5.40. The van der Waals surface area contributed by atoms with Crippen LogP contribution in [0.25, 0.3) is 5.69 Å². The van der Waals surface area contributed by atoms with Crippen LogP contribution >= 0.6 is 11.6 Å². The summed E-state index contributed by atoms with van der Waals surface area (Å²) >= 11 is 6.42. The molecule has 0 spiro atoms. The van der Waals surface area contributed by atoms with E-state index in [-0.39, 0.29) is 5.91 Å². The Balaban J connectivity index is 1.96. The van der Waals surface area contributed by atoms with E-state index in [9.17, 15) is 4.79 Å². The molecule has 21 heavy (non-hydrogen) atoms. The summed E-state index contributed by atoms with van der Waals surface area (Å²) in [6.45, 7) is 4.85. The van der Waals surface area contributed by atoms with E-state index in [0.717, 1.165) is 18.8 Å². The number of piperazine rings is 1. The number of rotatable bonds is 2. The summed E-state index contributed by atoms with van der Waals surface area (Å²) in [4.78, 5) is 14.5. The average Bonchev–Trinajstić information content (AvgIpc) is 2.83. The van der Waals surface area contributed by atoms with Crippen molar-refractivity contribution in [2.45, 2.75) is 6.92 Å². The minimum absolute atomic E-state index is 0.0406. The van der Waals surface area contributed by atoms with Crippen molar-refractivity contribution in [1.82, 2.24) is 20.0 Å². The molecule has 1 saturated heterocycles. The Morgan fingerprint density at radius 1 is 1.24 bits per heavy atom. The lowest BCUT2D eigenvalue weighted by molar-refractivity contribution is 0.0735. The standard InChI is InChI=1S/C15H17ClN4O/c1-11-13(15(21)19-9-7-17-8-10-19)14(16)20(18-11)12-5-3-2-4-6-12/h2-6,17H,7-10H2,1H3. The van der Waals surface area contributed by atoms with Gasteiger partial charge in [0.25, 0.3) is 5.91 Å². The fourth-order valence-corrected chi connectivity index (χ4v) is 2.86. The van der Waals surface area contributed by atoms with Crippen molar-refractivity contribution in [3.05, 3.63) is 46.7 Å². The fraction of sp³-hybridized carbons (Fsp3) is 0.333. The summed E-state index contributed by atoms with van der Waals surface area (Å²) in [5.74, 6) is -0.0406. The molecule has 0 atom stereocenters. The maximum atomic E-state index is 12.6. The molecular weight excluding hydrogens is 288 g/mol. The van der Waals surface area contributed by atoms with Gasteiger partial charge in [-0.15, -0.1) is 0 Å². The summed E-state index contributed by atoms with van der Waals surface area (Å²) in [6.07, 6.45) is 0. The number of carbonyl (C=O) groups is 1. The molecule has 6 heteroatoms. The van der Waals surface area contributed by atoms with Gasteiger partial charge in [-0.1, -0.05) is 29.8 Å². The number of hydrogen-bond donors (Lipinski definition) is 1. The van der Waals surface area contributed by atoms with E-state index < -0.39 is 0 Å². The van der Waals surface area contributed by atoms with Crippen LogP contribution in [0.15, 0.2) is 30.3 Å². The van der Waals surface area contributed by atoms with Gasteiger partial charge in [-0.3, -0.25) is 4.79 Å². The molecule has 1 aromatic heterocycles. The number of carbonyl (C=O) groups excluding carboxylic acids is 1. The molecule has 0 unspecified atom stereocenters. The maximum absolute atomic E-state index is 12.6. The molecule has 110 valence electrons. The van der Waals surface area contributed by atoms with Crippen LogP contribution in [0.3, 0.4) is 0 Å². The summed E-state index contributed by atoms with van der Waals surface area (Å²) < 4.78 is 1.62. The second-order valence-electron chi connectivity index (χ2n) is 5.04. The third-order valence-electron chi connectivity index (χ3n) is 3.62. The van der Waals surface area contributed by atoms with Crippen LogP contribution in [0.4, 0.5) is 0 Å². The van der Waals surface area contributed by atoms with Gasteiger partial charge < -0.3 is 10.2 Å². The first-order chi connectivity index (χ1) is 10.2. The number of nitrogens with zero attached hydrogens (tertiary/aromatic N) is 3. The molecule has 1 aliphatic rings. The predicted octanol–water partition coefficient (Wildman–Crippen LogP) is 1.88. The highest BCUT2D eigenvalue weighted by atomic mass is 35.5. The minimum atomic E-state index is -0.0406. The fourth-order valence-electron chi connectivity index (χ4n) is 2.51. The highest BCUT2D eigenvalue weighted by Crippen LogP contribution is 2.24. The van der Waals surface area contributed by atoms with Gasteiger partial charge in [0.05, 0.1) is 16.9 Å². The van der Waals surface area contributed by atoms with Crippen LogP contribution in [-0.2, 0) is 0 Å². The molecule has 5 nitrogen and oxygen atoms in total. The van der Waals surface area contributed by atoms with Crippen molar-refractivity contribution in [2.24, 2.45) is 0 Å². The molecule has 1 aromatic carbocycles. The molecule has 0 aliphatic carbocycles. The van der Waals surface area contributed by atoms with E-state index in [1.54, 1.807) is 4.68 Å². The maximum Gasteiger partial charge on any atom is 0.258 e. The zero-order valence-corrected chi connectivity index (χ0v) is 12.6. The predicted molar refractivity (Wildman–Crippen MR) is 82.1 cm³/mol. The van der Waals surface area contributed by atoms with E-state index in [2.05, 4.69) is 10.4 Å². The number of benzene rings is 1. The van der Waals surface area contributed by atoms with E-state index in [0.29, 0.717) is 29.5 Å². The van der Waals surface area contributed by atoms with E-state index >= 15 is 0 Å². The van der Waals surface area contributed by atoms with Gasteiger partial charge in [-0.2, -0.15) is 5.10 Å². The minimum Gasteiger partial charge on any atom is -0.336 e. The van der Waals surface area contributed by atoms with Crippen LogP contribution in [-0.4, -0.2) is 46.8 Å². The van der Waals surface area contributed by atoms with Crippen molar-refractivity contribution >= 4 is 17.5 Å². The molecule has 1 fully saturated rings. The topological polar surface area (TPSA) is 50.2 Å². The number of amides is 1. The Hall–Kier alpha value is -1.85. The average molecular weight is 305 g/mol. The first-order valence-corrected chi connectivity index (χ1v) is 7.37. The van der Waals surface area contributed by atoms with Gasteiger partial charge in [0.2, 0.25) is 0 Å². The molecule has 3 rings (SSSR count). The monoisotopic (exact) mass is 304 g/mol. The first kappa shape index (κ1) is 14.1. The van der Waals surface area contributed by atoms with Crippen LogP contribution < -0.4 is 5.32 Å². The van der Waals surface area contributed by atoms with Gasteiger partial charge in [0.1, 0.15) is 5.15 Å².